The third-order valence-electron chi connectivity index (χ3n) is 4.08. The molecule has 0 aromatic heterocycles. The Labute approximate surface area is 169 Å². The van der Waals surface area contributed by atoms with Crippen LogP contribution in [0.1, 0.15) is 30.1 Å². The SMILES string of the molecule is CCCOc1ccccc1-c1ccccc1C(=O)N[C@@H](CCS(=O)(=O)O)C(=O)O. The second-order valence-corrected chi connectivity index (χ2v) is 7.90. The average Bonchev–Trinajstić information content (AvgIpc) is 2.68. The van der Waals surface area contributed by atoms with Gasteiger partial charge in [-0.3, -0.25) is 9.35 Å². The molecule has 2 rings (SSSR count). The van der Waals surface area contributed by atoms with Crippen molar-refractivity contribution < 1.29 is 32.4 Å². The number of carbonyl (C=O) groups is 2. The fourth-order valence-electron chi connectivity index (χ4n) is 2.70. The number of nitrogens with one attached hydrogen (secondary N) is 1. The number of hydrogen-bond acceptors (Lipinski definition) is 5. The van der Waals surface area contributed by atoms with Gasteiger partial charge in [0.15, 0.2) is 0 Å². The van der Waals surface area contributed by atoms with Crippen LogP contribution in [0.2, 0.25) is 0 Å². The summed E-state index contributed by atoms with van der Waals surface area (Å²) < 4.78 is 36.4. The number of rotatable bonds is 10. The molecule has 2 aromatic rings. The van der Waals surface area contributed by atoms with Gasteiger partial charge in [-0.2, -0.15) is 8.42 Å². The summed E-state index contributed by atoms with van der Waals surface area (Å²) >= 11 is 0. The highest BCUT2D eigenvalue weighted by Crippen LogP contribution is 2.32. The molecular weight excluding hydrogens is 398 g/mol. The van der Waals surface area contributed by atoms with Crippen LogP contribution in [0.5, 0.6) is 5.75 Å². The van der Waals surface area contributed by atoms with Crippen LogP contribution in [-0.4, -0.2) is 48.4 Å². The average molecular weight is 421 g/mol. The largest absolute Gasteiger partial charge is 0.493 e. The van der Waals surface area contributed by atoms with E-state index in [1.165, 1.54) is 0 Å². The van der Waals surface area contributed by atoms with Crippen molar-refractivity contribution in [3.63, 3.8) is 0 Å². The number of aliphatic carboxylic acids is 1. The van der Waals surface area contributed by atoms with Crippen molar-refractivity contribution in [2.75, 3.05) is 12.4 Å². The lowest BCUT2D eigenvalue weighted by molar-refractivity contribution is -0.139. The van der Waals surface area contributed by atoms with Crippen molar-refractivity contribution in [3.8, 4) is 16.9 Å². The lowest BCUT2D eigenvalue weighted by atomic mass is 9.98. The Balaban J connectivity index is 2.32. The van der Waals surface area contributed by atoms with Crippen molar-refractivity contribution in [2.45, 2.75) is 25.8 Å². The predicted octanol–water partition coefficient (Wildman–Crippen LogP) is 2.60. The fourth-order valence-corrected chi connectivity index (χ4v) is 3.24. The number of para-hydroxylation sites is 1. The van der Waals surface area contributed by atoms with E-state index in [-0.39, 0.29) is 5.56 Å². The molecule has 0 fully saturated rings. The molecule has 1 atom stereocenters. The first-order chi connectivity index (χ1) is 13.7. The number of hydrogen-bond donors (Lipinski definition) is 3. The molecule has 0 saturated heterocycles. The Morgan fingerprint density at radius 2 is 1.69 bits per heavy atom. The van der Waals surface area contributed by atoms with Crippen LogP contribution in [0.15, 0.2) is 48.5 Å². The van der Waals surface area contributed by atoms with Crippen molar-refractivity contribution in [1.29, 1.82) is 0 Å². The van der Waals surface area contributed by atoms with Gasteiger partial charge in [0.2, 0.25) is 0 Å². The minimum absolute atomic E-state index is 0.221. The lowest BCUT2D eigenvalue weighted by Crippen LogP contribution is -2.42. The van der Waals surface area contributed by atoms with Gasteiger partial charge in [0, 0.05) is 11.1 Å². The number of ether oxygens (including phenoxy) is 1. The molecule has 0 radical (unpaired) electrons. The minimum atomic E-state index is -4.35. The third-order valence-corrected chi connectivity index (χ3v) is 4.83. The molecule has 0 saturated carbocycles. The van der Waals surface area contributed by atoms with Gasteiger partial charge in [0.05, 0.1) is 12.4 Å². The fraction of sp³-hybridized carbons (Fsp3) is 0.300. The highest BCUT2D eigenvalue weighted by molar-refractivity contribution is 7.85. The monoisotopic (exact) mass is 421 g/mol. The first kappa shape index (κ1) is 22.4. The number of carboxylic acid groups (broad SMARTS) is 1. The standard InChI is InChI=1S/C20H23NO7S/c1-2-12-28-18-10-6-5-8-15(18)14-7-3-4-9-16(14)19(22)21-17(20(23)24)11-13-29(25,26)27/h3-10,17H,2,11-13H2,1H3,(H,21,22)(H,23,24)(H,25,26,27)/t17-/m0/s1. The lowest BCUT2D eigenvalue weighted by Gasteiger charge is -2.17. The first-order valence-corrected chi connectivity index (χ1v) is 10.6. The summed E-state index contributed by atoms with van der Waals surface area (Å²) in [4.78, 5) is 24.2. The normalized spacial score (nSPS) is 12.2. The van der Waals surface area contributed by atoms with E-state index in [2.05, 4.69) is 5.32 Å². The maximum atomic E-state index is 12.8. The molecule has 1 amide bonds. The van der Waals surface area contributed by atoms with Crippen LogP contribution in [0, 0.1) is 0 Å². The van der Waals surface area contributed by atoms with Gasteiger partial charge in [-0.15, -0.1) is 0 Å². The second kappa shape index (κ2) is 10.0. The van der Waals surface area contributed by atoms with E-state index in [4.69, 9.17) is 9.29 Å². The molecule has 0 bridgehead atoms. The molecule has 9 heteroatoms. The Morgan fingerprint density at radius 3 is 2.31 bits per heavy atom. The zero-order valence-corrected chi connectivity index (χ0v) is 16.7. The number of benzene rings is 2. The second-order valence-electron chi connectivity index (χ2n) is 6.33. The molecule has 0 spiro atoms. The Kier molecular flexibility index (Phi) is 7.74. The molecule has 0 aliphatic carbocycles. The van der Waals surface area contributed by atoms with Gasteiger partial charge in [0.25, 0.3) is 16.0 Å². The molecule has 29 heavy (non-hydrogen) atoms. The van der Waals surface area contributed by atoms with Gasteiger partial charge in [0.1, 0.15) is 11.8 Å². The molecule has 8 nitrogen and oxygen atoms in total. The minimum Gasteiger partial charge on any atom is -0.493 e. The van der Waals surface area contributed by atoms with Crippen LogP contribution in [0.25, 0.3) is 11.1 Å². The molecule has 0 aliphatic rings. The summed E-state index contributed by atoms with van der Waals surface area (Å²) in [6.45, 7) is 2.48. The topological polar surface area (TPSA) is 130 Å². The van der Waals surface area contributed by atoms with E-state index in [0.717, 1.165) is 6.42 Å². The van der Waals surface area contributed by atoms with Crippen molar-refractivity contribution in [2.24, 2.45) is 0 Å². The Bertz CT molecular complexity index is 972. The summed E-state index contributed by atoms with van der Waals surface area (Å²) in [7, 11) is -4.35. The number of carboxylic acids is 1. The van der Waals surface area contributed by atoms with Crippen LogP contribution in [0.4, 0.5) is 0 Å². The van der Waals surface area contributed by atoms with Gasteiger partial charge in [-0.05, 0) is 30.5 Å². The molecule has 0 unspecified atom stereocenters. The zero-order chi connectivity index (χ0) is 21.4. The van der Waals surface area contributed by atoms with Gasteiger partial charge in [-0.25, -0.2) is 4.79 Å². The summed E-state index contributed by atoms with van der Waals surface area (Å²) in [6.07, 6.45) is 0.350. The molecular formula is C20H23NO7S. The van der Waals surface area contributed by atoms with Crippen LogP contribution in [-0.2, 0) is 14.9 Å². The van der Waals surface area contributed by atoms with E-state index in [1.807, 2.05) is 13.0 Å². The zero-order valence-electron chi connectivity index (χ0n) is 15.9. The summed E-state index contributed by atoms with van der Waals surface area (Å²) in [6, 6.07) is 12.4. The van der Waals surface area contributed by atoms with Gasteiger partial charge < -0.3 is 15.2 Å². The maximum absolute atomic E-state index is 12.8. The molecule has 156 valence electrons. The third kappa shape index (κ3) is 6.58. The smallest absolute Gasteiger partial charge is 0.326 e. The van der Waals surface area contributed by atoms with E-state index in [1.54, 1.807) is 42.5 Å². The quantitative estimate of drug-likeness (QED) is 0.503. The maximum Gasteiger partial charge on any atom is 0.326 e. The molecule has 2 aromatic carbocycles. The van der Waals surface area contributed by atoms with Gasteiger partial charge >= 0.3 is 5.97 Å². The van der Waals surface area contributed by atoms with Crippen LogP contribution >= 0.6 is 0 Å². The van der Waals surface area contributed by atoms with E-state index in [9.17, 15) is 23.1 Å². The van der Waals surface area contributed by atoms with Crippen LogP contribution in [0.3, 0.4) is 0 Å². The first-order valence-electron chi connectivity index (χ1n) is 9.03. The van der Waals surface area contributed by atoms with E-state index in [0.29, 0.717) is 23.5 Å². The summed E-state index contributed by atoms with van der Waals surface area (Å²) in [5, 5.41) is 11.6. The van der Waals surface area contributed by atoms with E-state index >= 15 is 0 Å². The Hall–Kier alpha value is -2.91. The van der Waals surface area contributed by atoms with Crippen molar-refractivity contribution >= 4 is 22.0 Å². The number of amides is 1. The van der Waals surface area contributed by atoms with Gasteiger partial charge in [-0.1, -0.05) is 43.3 Å². The highest BCUT2D eigenvalue weighted by atomic mass is 32.2. The Morgan fingerprint density at radius 1 is 1.07 bits per heavy atom. The van der Waals surface area contributed by atoms with E-state index < -0.39 is 40.2 Å². The van der Waals surface area contributed by atoms with Crippen LogP contribution < -0.4 is 10.1 Å². The number of carbonyl (C=O) groups excluding carboxylic acids is 1. The molecule has 3 N–H and O–H groups in total. The van der Waals surface area contributed by atoms with Crippen molar-refractivity contribution in [1.82, 2.24) is 5.32 Å². The summed E-state index contributed by atoms with van der Waals surface area (Å²) in [5.41, 5.74) is 1.45. The molecule has 0 heterocycles. The predicted molar refractivity (Wildman–Crippen MR) is 108 cm³/mol. The highest BCUT2D eigenvalue weighted by Gasteiger charge is 2.24. The summed E-state index contributed by atoms with van der Waals surface area (Å²) in [5.74, 6) is -2.25. The van der Waals surface area contributed by atoms with Crippen molar-refractivity contribution in [3.05, 3.63) is 54.1 Å². The molecule has 0 aliphatic heterocycles.